The summed E-state index contributed by atoms with van der Waals surface area (Å²) >= 11 is 0. The zero-order valence-corrected chi connectivity index (χ0v) is 10.6. The van der Waals surface area contributed by atoms with Crippen molar-refractivity contribution in [3.63, 3.8) is 0 Å². The van der Waals surface area contributed by atoms with Crippen molar-refractivity contribution in [3.8, 4) is 0 Å². The van der Waals surface area contributed by atoms with Crippen LogP contribution in [0.4, 0.5) is 5.95 Å². The number of hydrogen-bond acceptors (Lipinski definition) is 5. The van der Waals surface area contributed by atoms with Gasteiger partial charge in [-0.15, -0.1) is 0 Å². The molecule has 0 aromatic carbocycles. The molecule has 1 unspecified atom stereocenters. The van der Waals surface area contributed by atoms with E-state index in [1.165, 1.54) is 0 Å². The molecule has 2 aliphatic rings. The number of hydrogen-bond donors (Lipinski definition) is 1. The molecule has 0 radical (unpaired) electrons. The standard InChI is InChI=1S/C13H20N4O/c14-11-2-6-17(7-3-11)13-15-5-1-12(16-13)10-4-8-18-9-10/h1,5,10-11H,2-4,6-9,14H2. The molecular weight excluding hydrogens is 228 g/mol. The van der Waals surface area contributed by atoms with Crippen LogP contribution in [0.5, 0.6) is 0 Å². The lowest BCUT2D eigenvalue weighted by atomic mass is 10.0. The van der Waals surface area contributed by atoms with Gasteiger partial charge in [-0.2, -0.15) is 0 Å². The number of nitrogens with two attached hydrogens (primary N) is 1. The Morgan fingerprint density at radius 2 is 2.11 bits per heavy atom. The molecule has 0 saturated carbocycles. The third kappa shape index (κ3) is 2.47. The Morgan fingerprint density at radius 3 is 2.83 bits per heavy atom. The molecule has 18 heavy (non-hydrogen) atoms. The van der Waals surface area contributed by atoms with Crippen LogP contribution in [0.25, 0.3) is 0 Å². The van der Waals surface area contributed by atoms with E-state index in [-0.39, 0.29) is 0 Å². The highest BCUT2D eigenvalue weighted by molar-refractivity contribution is 5.32. The van der Waals surface area contributed by atoms with Gasteiger partial charge in [0.15, 0.2) is 0 Å². The SMILES string of the molecule is NC1CCN(c2nccc(C3CCOC3)n2)CC1. The van der Waals surface area contributed by atoms with E-state index in [1.807, 2.05) is 12.3 Å². The van der Waals surface area contributed by atoms with Crippen LogP contribution < -0.4 is 10.6 Å². The molecule has 2 saturated heterocycles. The predicted octanol–water partition coefficient (Wildman–Crippen LogP) is 0.908. The quantitative estimate of drug-likeness (QED) is 0.842. The van der Waals surface area contributed by atoms with Gasteiger partial charge in [0, 0.05) is 37.9 Å². The molecule has 5 heteroatoms. The van der Waals surface area contributed by atoms with Crippen LogP contribution in [0.3, 0.4) is 0 Å². The topological polar surface area (TPSA) is 64.3 Å². The normalized spacial score (nSPS) is 25.6. The van der Waals surface area contributed by atoms with Gasteiger partial charge < -0.3 is 15.4 Å². The van der Waals surface area contributed by atoms with Gasteiger partial charge in [-0.25, -0.2) is 9.97 Å². The highest BCUT2D eigenvalue weighted by Crippen LogP contribution is 2.25. The highest BCUT2D eigenvalue weighted by atomic mass is 16.5. The molecule has 2 N–H and O–H groups in total. The average Bonchev–Trinajstić information content (AvgIpc) is 2.94. The predicted molar refractivity (Wildman–Crippen MR) is 69.6 cm³/mol. The summed E-state index contributed by atoms with van der Waals surface area (Å²) in [4.78, 5) is 11.3. The molecule has 1 aromatic heterocycles. The summed E-state index contributed by atoms with van der Waals surface area (Å²) in [6.45, 7) is 3.57. The summed E-state index contributed by atoms with van der Waals surface area (Å²) < 4.78 is 5.42. The van der Waals surface area contributed by atoms with Gasteiger partial charge >= 0.3 is 0 Å². The minimum atomic E-state index is 0.340. The molecule has 0 amide bonds. The molecule has 3 heterocycles. The molecule has 2 aliphatic heterocycles. The van der Waals surface area contributed by atoms with Crippen molar-refractivity contribution in [2.24, 2.45) is 5.73 Å². The third-order valence-corrected chi connectivity index (χ3v) is 3.83. The van der Waals surface area contributed by atoms with E-state index in [4.69, 9.17) is 15.5 Å². The fourth-order valence-electron chi connectivity index (χ4n) is 2.61. The van der Waals surface area contributed by atoms with Crippen LogP contribution in [0, 0.1) is 0 Å². The molecule has 0 aliphatic carbocycles. The maximum Gasteiger partial charge on any atom is 0.225 e. The van der Waals surface area contributed by atoms with E-state index >= 15 is 0 Å². The Labute approximate surface area is 107 Å². The van der Waals surface area contributed by atoms with Crippen molar-refractivity contribution < 1.29 is 4.74 Å². The minimum absolute atomic E-state index is 0.340. The molecular formula is C13H20N4O. The Kier molecular flexibility index (Phi) is 3.43. The number of aromatic nitrogens is 2. The van der Waals surface area contributed by atoms with Crippen molar-refractivity contribution in [3.05, 3.63) is 18.0 Å². The average molecular weight is 248 g/mol. The first-order valence-electron chi connectivity index (χ1n) is 6.74. The molecule has 1 aromatic rings. The van der Waals surface area contributed by atoms with Crippen LogP contribution in [0.15, 0.2) is 12.3 Å². The fourth-order valence-corrected chi connectivity index (χ4v) is 2.61. The first-order valence-corrected chi connectivity index (χ1v) is 6.74. The van der Waals surface area contributed by atoms with Crippen molar-refractivity contribution in [2.45, 2.75) is 31.2 Å². The largest absolute Gasteiger partial charge is 0.381 e. The van der Waals surface area contributed by atoms with Gasteiger partial charge in [-0.3, -0.25) is 0 Å². The van der Waals surface area contributed by atoms with Crippen molar-refractivity contribution in [2.75, 3.05) is 31.2 Å². The van der Waals surface area contributed by atoms with E-state index in [2.05, 4.69) is 9.88 Å². The van der Waals surface area contributed by atoms with Crippen LogP contribution in [0.2, 0.25) is 0 Å². The molecule has 5 nitrogen and oxygen atoms in total. The second kappa shape index (κ2) is 5.20. The molecule has 0 bridgehead atoms. The minimum Gasteiger partial charge on any atom is -0.381 e. The van der Waals surface area contributed by atoms with Crippen molar-refractivity contribution in [1.82, 2.24) is 9.97 Å². The number of piperidine rings is 1. The lowest BCUT2D eigenvalue weighted by Crippen LogP contribution is -2.40. The Bertz CT molecular complexity index is 398. The molecule has 1 atom stereocenters. The summed E-state index contributed by atoms with van der Waals surface area (Å²) in [6, 6.07) is 2.35. The Hall–Kier alpha value is -1.20. The van der Waals surface area contributed by atoms with E-state index in [9.17, 15) is 0 Å². The van der Waals surface area contributed by atoms with Gasteiger partial charge in [0.05, 0.1) is 12.3 Å². The van der Waals surface area contributed by atoms with Crippen LogP contribution >= 0.6 is 0 Å². The molecule has 2 fully saturated rings. The van der Waals surface area contributed by atoms with Crippen LogP contribution in [-0.4, -0.2) is 42.3 Å². The van der Waals surface area contributed by atoms with Gasteiger partial charge in [-0.1, -0.05) is 0 Å². The summed E-state index contributed by atoms with van der Waals surface area (Å²) in [6.07, 6.45) is 4.99. The molecule has 0 spiro atoms. The van der Waals surface area contributed by atoms with Gasteiger partial charge in [0.25, 0.3) is 0 Å². The van der Waals surface area contributed by atoms with Gasteiger partial charge in [-0.05, 0) is 25.3 Å². The molecule has 3 rings (SSSR count). The summed E-state index contributed by atoms with van der Waals surface area (Å²) in [5, 5.41) is 0. The van der Waals surface area contributed by atoms with Crippen LogP contribution in [-0.2, 0) is 4.74 Å². The zero-order chi connectivity index (χ0) is 12.4. The Balaban J connectivity index is 1.74. The smallest absolute Gasteiger partial charge is 0.225 e. The van der Waals surface area contributed by atoms with Crippen LogP contribution in [0.1, 0.15) is 30.9 Å². The summed E-state index contributed by atoms with van der Waals surface area (Å²) in [5.41, 5.74) is 7.04. The zero-order valence-electron chi connectivity index (χ0n) is 10.6. The Morgan fingerprint density at radius 1 is 1.28 bits per heavy atom. The highest BCUT2D eigenvalue weighted by Gasteiger charge is 2.22. The summed E-state index contributed by atoms with van der Waals surface area (Å²) in [5.74, 6) is 1.30. The van der Waals surface area contributed by atoms with E-state index in [0.717, 1.165) is 57.2 Å². The van der Waals surface area contributed by atoms with Gasteiger partial charge in [0.1, 0.15) is 0 Å². The fraction of sp³-hybridized carbons (Fsp3) is 0.692. The first kappa shape index (κ1) is 11.9. The number of anilines is 1. The lowest BCUT2D eigenvalue weighted by molar-refractivity contribution is 0.193. The van der Waals surface area contributed by atoms with Gasteiger partial charge in [0.2, 0.25) is 5.95 Å². The molecule has 98 valence electrons. The maximum atomic E-state index is 5.92. The summed E-state index contributed by atoms with van der Waals surface area (Å²) in [7, 11) is 0. The third-order valence-electron chi connectivity index (χ3n) is 3.83. The maximum absolute atomic E-state index is 5.92. The van der Waals surface area contributed by atoms with E-state index < -0.39 is 0 Å². The first-order chi connectivity index (χ1) is 8.83. The number of ether oxygens (including phenoxy) is 1. The van der Waals surface area contributed by atoms with E-state index in [0.29, 0.717) is 12.0 Å². The second-order valence-electron chi connectivity index (χ2n) is 5.17. The van der Waals surface area contributed by atoms with E-state index in [1.54, 1.807) is 0 Å². The lowest BCUT2D eigenvalue weighted by Gasteiger charge is -2.30. The number of rotatable bonds is 2. The van der Waals surface area contributed by atoms with Crippen molar-refractivity contribution >= 4 is 5.95 Å². The number of nitrogens with zero attached hydrogens (tertiary/aromatic N) is 3. The monoisotopic (exact) mass is 248 g/mol. The second-order valence-corrected chi connectivity index (χ2v) is 5.17. The van der Waals surface area contributed by atoms with Crippen molar-refractivity contribution in [1.29, 1.82) is 0 Å².